The van der Waals surface area contributed by atoms with Crippen molar-refractivity contribution >= 4 is 42.6 Å². The van der Waals surface area contributed by atoms with Crippen LogP contribution in [0.25, 0.3) is 10.2 Å². The van der Waals surface area contributed by atoms with Gasteiger partial charge in [-0.05, 0) is 55.3 Å². The molecule has 182 valence electrons. The molecule has 1 amide bonds. The van der Waals surface area contributed by atoms with Gasteiger partial charge in [0, 0.05) is 13.1 Å². The number of aromatic nitrogens is 1. The number of hydrogen-bond donors (Lipinski definition) is 1. The van der Waals surface area contributed by atoms with Crippen molar-refractivity contribution in [3.8, 4) is 11.5 Å². The Kier molecular flexibility index (Phi) is 7.80. The van der Waals surface area contributed by atoms with Crippen molar-refractivity contribution in [2.24, 2.45) is 0 Å². The van der Waals surface area contributed by atoms with E-state index in [1.165, 1.54) is 15.6 Å². The number of amides is 1. The van der Waals surface area contributed by atoms with Crippen LogP contribution >= 0.6 is 11.3 Å². The van der Waals surface area contributed by atoms with E-state index in [1.807, 2.05) is 44.2 Å². The fourth-order valence-electron chi connectivity index (χ4n) is 3.64. The lowest BCUT2D eigenvalue weighted by atomic mass is 10.2. The number of rotatable bonds is 10. The second kappa shape index (κ2) is 11.0. The van der Waals surface area contributed by atoms with E-state index in [4.69, 9.17) is 4.74 Å². The number of nitrogens with one attached hydrogen (secondary N) is 1. The first-order chi connectivity index (χ1) is 16.9. The van der Waals surface area contributed by atoms with Gasteiger partial charge in [0.15, 0.2) is 5.13 Å². The van der Waals surface area contributed by atoms with Crippen LogP contribution < -0.4 is 10.1 Å². The van der Waals surface area contributed by atoms with Crippen LogP contribution in [0.2, 0.25) is 0 Å². The molecule has 0 aliphatic heterocycles. The Morgan fingerprint density at radius 3 is 2.37 bits per heavy atom. The van der Waals surface area contributed by atoms with Gasteiger partial charge in [-0.3, -0.25) is 10.1 Å². The molecule has 0 bridgehead atoms. The van der Waals surface area contributed by atoms with E-state index in [-0.39, 0.29) is 10.8 Å². The summed E-state index contributed by atoms with van der Waals surface area (Å²) >= 11 is 1.23. The number of anilines is 1. The molecule has 4 aromatic rings. The van der Waals surface area contributed by atoms with Gasteiger partial charge in [-0.15, -0.1) is 0 Å². The molecular formula is C26H27N3O4S2. The first-order valence-electron chi connectivity index (χ1n) is 11.5. The van der Waals surface area contributed by atoms with Crippen LogP contribution in [0.4, 0.5) is 5.13 Å². The van der Waals surface area contributed by atoms with Crippen LogP contribution in [0.3, 0.4) is 0 Å². The van der Waals surface area contributed by atoms with Gasteiger partial charge in [0.1, 0.15) is 11.5 Å². The Balaban J connectivity index is 1.57. The van der Waals surface area contributed by atoms with E-state index in [1.54, 1.807) is 42.5 Å². The third-order valence-corrected chi connectivity index (χ3v) is 8.10. The topological polar surface area (TPSA) is 88.6 Å². The van der Waals surface area contributed by atoms with Crippen molar-refractivity contribution in [2.75, 3.05) is 18.4 Å². The minimum Gasteiger partial charge on any atom is -0.457 e. The van der Waals surface area contributed by atoms with Crippen molar-refractivity contribution in [1.29, 1.82) is 0 Å². The Morgan fingerprint density at radius 1 is 0.971 bits per heavy atom. The van der Waals surface area contributed by atoms with E-state index in [0.717, 1.165) is 12.8 Å². The normalized spacial score (nSPS) is 11.6. The largest absolute Gasteiger partial charge is 0.457 e. The highest BCUT2D eigenvalue weighted by atomic mass is 32.2. The maximum Gasteiger partial charge on any atom is 0.261 e. The number of carbonyl (C=O) groups is 1. The number of ether oxygens (including phenoxy) is 1. The summed E-state index contributed by atoms with van der Waals surface area (Å²) in [5, 5.41) is 3.21. The molecule has 0 spiro atoms. The second-order valence-corrected chi connectivity index (χ2v) is 10.9. The first kappa shape index (κ1) is 24.8. The van der Waals surface area contributed by atoms with Crippen LogP contribution in [0, 0.1) is 0 Å². The summed E-state index contributed by atoms with van der Waals surface area (Å²) in [4.78, 5) is 17.7. The van der Waals surface area contributed by atoms with E-state index in [9.17, 15) is 13.2 Å². The van der Waals surface area contributed by atoms with Gasteiger partial charge in [0.25, 0.3) is 5.91 Å². The molecule has 0 saturated carbocycles. The van der Waals surface area contributed by atoms with Crippen molar-refractivity contribution in [1.82, 2.24) is 9.29 Å². The summed E-state index contributed by atoms with van der Waals surface area (Å²) in [6.45, 7) is 4.87. The summed E-state index contributed by atoms with van der Waals surface area (Å²) in [6, 6.07) is 21.1. The molecule has 1 N–H and O–H groups in total. The number of thiazole rings is 1. The minimum atomic E-state index is -3.60. The SMILES string of the molecule is CCCN(CCC)S(=O)(=O)c1ccc2nc(NC(=O)c3ccccc3Oc3ccccc3)sc2c1. The smallest absolute Gasteiger partial charge is 0.261 e. The summed E-state index contributed by atoms with van der Waals surface area (Å²) in [5.41, 5.74) is 0.990. The fraction of sp³-hybridized carbons (Fsp3) is 0.231. The van der Waals surface area contributed by atoms with Crippen LogP contribution in [0.1, 0.15) is 37.0 Å². The van der Waals surface area contributed by atoms with Crippen LogP contribution in [-0.2, 0) is 10.0 Å². The number of benzene rings is 3. The number of hydrogen-bond acceptors (Lipinski definition) is 6. The minimum absolute atomic E-state index is 0.232. The number of sulfonamides is 1. The zero-order chi connectivity index (χ0) is 24.8. The molecule has 7 nitrogen and oxygen atoms in total. The average Bonchev–Trinajstić information content (AvgIpc) is 3.26. The maximum atomic E-state index is 13.1. The van der Waals surface area contributed by atoms with Crippen molar-refractivity contribution in [2.45, 2.75) is 31.6 Å². The van der Waals surface area contributed by atoms with E-state index >= 15 is 0 Å². The highest BCUT2D eigenvalue weighted by Crippen LogP contribution is 2.31. The number of fused-ring (bicyclic) bond motifs is 1. The summed E-state index contributed by atoms with van der Waals surface area (Å²) in [6.07, 6.45) is 1.49. The molecule has 1 heterocycles. The monoisotopic (exact) mass is 509 g/mol. The molecule has 1 aromatic heterocycles. The van der Waals surface area contributed by atoms with Crippen LogP contribution in [-0.4, -0.2) is 36.7 Å². The number of para-hydroxylation sites is 2. The van der Waals surface area contributed by atoms with Gasteiger partial charge in [-0.2, -0.15) is 4.31 Å². The summed E-state index contributed by atoms with van der Waals surface area (Å²) in [7, 11) is -3.60. The fourth-order valence-corrected chi connectivity index (χ4v) is 6.27. The Bertz CT molecular complexity index is 1410. The summed E-state index contributed by atoms with van der Waals surface area (Å²) < 4.78 is 34.4. The number of carbonyl (C=O) groups excluding carboxylic acids is 1. The summed E-state index contributed by atoms with van der Waals surface area (Å²) in [5.74, 6) is 0.694. The quantitative estimate of drug-likeness (QED) is 0.277. The molecule has 0 saturated heterocycles. The van der Waals surface area contributed by atoms with E-state index in [0.29, 0.717) is 45.5 Å². The lowest BCUT2D eigenvalue weighted by Gasteiger charge is -2.20. The van der Waals surface area contributed by atoms with Gasteiger partial charge in [-0.25, -0.2) is 13.4 Å². The predicted molar refractivity (Wildman–Crippen MR) is 140 cm³/mol. The standard InChI is InChI=1S/C26H27N3O4S2/c1-3-16-29(17-4-2)35(31,32)20-14-15-22-24(18-20)34-26(27-22)28-25(30)21-12-8-9-13-23(21)33-19-10-6-5-7-11-19/h5-15,18H,3-4,16-17H2,1-2H3,(H,27,28,30). The molecule has 0 radical (unpaired) electrons. The van der Waals surface area contributed by atoms with Crippen molar-refractivity contribution in [3.05, 3.63) is 78.4 Å². The molecule has 9 heteroatoms. The number of nitrogens with zero attached hydrogens (tertiary/aromatic N) is 2. The van der Waals surface area contributed by atoms with Crippen LogP contribution in [0.15, 0.2) is 77.7 Å². The van der Waals surface area contributed by atoms with Gasteiger partial charge in [-0.1, -0.05) is 55.5 Å². The highest BCUT2D eigenvalue weighted by Gasteiger charge is 2.24. The third kappa shape index (κ3) is 5.70. The zero-order valence-electron chi connectivity index (χ0n) is 19.6. The third-order valence-electron chi connectivity index (χ3n) is 5.27. The lowest BCUT2D eigenvalue weighted by molar-refractivity contribution is 0.102. The van der Waals surface area contributed by atoms with Gasteiger partial charge in [0.05, 0.1) is 20.7 Å². The highest BCUT2D eigenvalue weighted by molar-refractivity contribution is 7.89. The van der Waals surface area contributed by atoms with Gasteiger partial charge < -0.3 is 4.74 Å². The van der Waals surface area contributed by atoms with Crippen molar-refractivity contribution in [3.63, 3.8) is 0 Å². The van der Waals surface area contributed by atoms with Crippen molar-refractivity contribution < 1.29 is 17.9 Å². The average molecular weight is 510 g/mol. The van der Waals surface area contributed by atoms with E-state index < -0.39 is 10.0 Å². The molecule has 35 heavy (non-hydrogen) atoms. The molecule has 0 aliphatic rings. The maximum absolute atomic E-state index is 13.1. The molecule has 0 aliphatic carbocycles. The predicted octanol–water partition coefficient (Wildman–Crippen LogP) is 6.15. The molecule has 4 rings (SSSR count). The molecule has 3 aromatic carbocycles. The molecule has 0 unspecified atom stereocenters. The molecule has 0 atom stereocenters. The Labute approximate surface area is 209 Å². The Morgan fingerprint density at radius 2 is 1.66 bits per heavy atom. The van der Waals surface area contributed by atoms with Gasteiger partial charge in [0.2, 0.25) is 10.0 Å². The molecular weight excluding hydrogens is 482 g/mol. The zero-order valence-corrected chi connectivity index (χ0v) is 21.2. The Hall–Kier alpha value is -3.27. The van der Waals surface area contributed by atoms with Crippen LogP contribution in [0.5, 0.6) is 11.5 Å². The second-order valence-electron chi connectivity index (χ2n) is 7.92. The van der Waals surface area contributed by atoms with E-state index in [2.05, 4.69) is 10.3 Å². The van der Waals surface area contributed by atoms with Gasteiger partial charge >= 0.3 is 0 Å². The molecule has 0 fully saturated rings. The lowest BCUT2D eigenvalue weighted by Crippen LogP contribution is -2.32. The first-order valence-corrected chi connectivity index (χ1v) is 13.7.